The zero-order chi connectivity index (χ0) is 20.8. The molecule has 0 saturated carbocycles. The van der Waals surface area contributed by atoms with Crippen LogP contribution >= 0.6 is 0 Å². The van der Waals surface area contributed by atoms with E-state index in [-0.39, 0.29) is 11.5 Å². The molecule has 6 nitrogen and oxygen atoms in total. The van der Waals surface area contributed by atoms with Crippen LogP contribution in [-0.2, 0) is 13.1 Å². The summed E-state index contributed by atoms with van der Waals surface area (Å²) in [5.41, 5.74) is 3.29. The van der Waals surface area contributed by atoms with Crippen LogP contribution in [0.15, 0.2) is 72.8 Å². The molecule has 3 aromatic rings. The first-order valence-electron chi connectivity index (χ1n) is 9.29. The van der Waals surface area contributed by atoms with Gasteiger partial charge in [0.2, 0.25) is 0 Å². The van der Waals surface area contributed by atoms with E-state index in [1.165, 1.54) is 6.07 Å². The lowest BCUT2D eigenvalue weighted by Crippen LogP contribution is -2.13. The SMILES string of the molecule is CN(C)Cc1ccccc1CNc1ccc(C(=O)c2ccccc2)cc1[N+](=O)[O-]. The average Bonchev–Trinajstić information content (AvgIpc) is 2.72. The summed E-state index contributed by atoms with van der Waals surface area (Å²) in [6.07, 6.45) is 0. The highest BCUT2D eigenvalue weighted by Crippen LogP contribution is 2.27. The Kier molecular flexibility index (Phi) is 6.36. The molecule has 0 aliphatic heterocycles. The molecule has 6 heteroatoms. The number of carbonyl (C=O) groups is 1. The fourth-order valence-corrected chi connectivity index (χ4v) is 3.14. The maximum atomic E-state index is 12.6. The van der Waals surface area contributed by atoms with Crippen molar-refractivity contribution in [3.63, 3.8) is 0 Å². The Morgan fingerprint density at radius 3 is 2.24 bits per heavy atom. The minimum Gasteiger partial charge on any atom is -0.375 e. The molecule has 29 heavy (non-hydrogen) atoms. The van der Waals surface area contributed by atoms with E-state index in [0.29, 0.717) is 23.4 Å². The van der Waals surface area contributed by atoms with Crippen LogP contribution < -0.4 is 5.32 Å². The van der Waals surface area contributed by atoms with E-state index in [1.54, 1.807) is 36.4 Å². The zero-order valence-electron chi connectivity index (χ0n) is 16.5. The van der Waals surface area contributed by atoms with Crippen molar-refractivity contribution in [2.24, 2.45) is 0 Å². The first-order valence-corrected chi connectivity index (χ1v) is 9.29. The Hall–Kier alpha value is -3.51. The zero-order valence-corrected chi connectivity index (χ0v) is 16.5. The standard InChI is InChI=1S/C23H23N3O3/c1-25(2)16-20-11-7-6-10-19(20)15-24-21-13-12-18(14-22(21)26(28)29)23(27)17-8-4-3-5-9-17/h3-14,24H,15-16H2,1-2H3. The molecule has 0 atom stereocenters. The number of nitrogens with one attached hydrogen (secondary N) is 1. The van der Waals surface area contributed by atoms with Crippen molar-refractivity contribution in [3.05, 3.63) is 105 Å². The van der Waals surface area contributed by atoms with E-state index in [9.17, 15) is 14.9 Å². The van der Waals surface area contributed by atoms with Crippen LogP contribution in [0.3, 0.4) is 0 Å². The monoisotopic (exact) mass is 389 g/mol. The van der Waals surface area contributed by atoms with Gasteiger partial charge in [0, 0.05) is 30.3 Å². The molecule has 0 aliphatic carbocycles. The second-order valence-corrected chi connectivity index (χ2v) is 7.04. The van der Waals surface area contributed by atoms with Gasteiger partial charge in [-0.2, -0.15) is 0 Å². The molecule has 0 unspecified atom stereocenters. The van der Waals surface area contributed by atoms with Crippen LogP contribution in [-0.4, -0.2) is 29.7 Å². The molecule has 0 heterocycles. The third kappa shape index (κ3) is 5.06. The van der Waals surface area contributed by atoms with Crippen LogP contribution in [0, 0.1) is 10.1 Å². The first kappa shape index (κ1) is 20.2. The van der Waals surface area contributed by atoms with Gasteiger partial charge in [0.25, 0.3) is 5.69 Å². The van der Waals surface area contributed by atoms with Crippen molar-refractivity contribution in [1.82, 2.24) is 4.90 Å². The lowest BCUT2D eigenvalue weighted by Gasteiger charge is -2.15. The van der Waals surface area contributed by atoms with Crippen molar-refractivity contribution in [1.29, 1.82) is 0 Å². The highest BCUT2D eigenvalue weighted by Gasteiger charge is 2.18. The molecule has 3 aromatic carbocycles. The second-order valence-electron chi connectivity index (χ2n) is 7.04. The third-order valence-corrected chi connectivity index (χ3v) is 4.57. The van der Waals surface area contributed by atoms with Gasteiger partial charge in [0.1, 0.15) is 5.69 Å². The van der Waals surface area contributed by atoms with Crippen molar-refractivity contribution in [2.45, 2.75) is 13.1 Å². The Bertz CT molecular complexity index is 1020. The van der Waals surface area contributed by atoms with Crippen molar-refractivity contribution in [2.75, 3.05) is 19.4 Å². The summed E-state index contributed by atoms with van der Waals surface area (Å²) in [4.78, 5) is 25.8. The summed E-state index contributed by atoms with van der Waals surface area (Å²) in [6, 6.07) is 21.3. The minimum absolute atomic E-state index is 0.114. The van der Waals surface area contributed by atoms with E-state index in [1.807, 2.05) is 44.4 Å². The summed E-state index contributed by atoms with van der Waals surface area (Å²) in [6.45, 7) is 1.24. The Morgan fingerprint density at radius 1 is 0.931 bits per heavy atom. The van der Waals surface area contributed by atoms with Crippen molar-refractivity contribution < 1.29 is 9.72 Å². The number of hydrogen-bond donors (Lipinski definition) is 1. The van der Waals surface area contributed by atoms with Gasteiger partial charge in [-0.3, -0.25) is 14.9 Å². The second kappa shape index (κ2) is 9.12. The van der Waals surface area contributed by atoms with Crippen LogP contribution in [0.4, 0.5) is 11.4 Å². The van der Waals surface area contributed by atoms with Gasteiger partial charge in [0.05, 0.1) is 4.92 Å². The minimum atomic E-state index is -0.462. The van der Waals surface area contributed by atoms with Crippen molar-refractivity contribution in [3.8, 4) is 0 Å². The quantitative estimate of drug-likeness (QED) is 0.349. The number of anilines is 1. The van der Waals surface area contributed by atoms with Crippen LogP contribution in [0.2, 0.25) is 0 Å². The third-order valence-electron chi connectivity index (χ3n) is 4.57. The lowest BCUT2D eigenvalue weighted by atomic mass is 10.0. The summed E-state index contributed by atoms with van der Waals surface area (Å²) < 4.78 is 0. The van der Waals surface area contributed by atoms with E-state index >= 15 is 0 Å². The van der Waals surface area contributed by atoms with E-state index in [2.05, 4.69) is 10.2 Å². The Labute approximate surface area is 169 Å². The van der Waals surface area contributed by atoms with Gasteiger partial charge >= 0.3 is 0 Å². The molecule has 0 radical (unpaired) electrons. The van der Waals surface area contributed by atoms with Crippen LogP contribution in [0.25, 0.3) is 0 Å². The average molecular weight is 389 g/mol. The molecular formula is C23H23N3O3. The molecule has 0 spiro atoms. The Balaban J connectivity index is 1.84. The largest absolute Gasteiger partial charge is 0.375 e. The molecule has 0 amide bonds. The summed E-state index contributed by atoms with van der Waals surface area (Å²) in [5.74, 6) is -0.239. The molecule has 0 saturated heterocycles. The highest BCUT2D eigenvalue weighted by atomic mass is 16.6. The number of carbonyl (C=O) groups excluding carboxylic acids is 1. The van der Waals surface area contributed by atoms with E-state index in [4.69, 9.17) is 0 Å². The molecule has 0 aromatic heterocycles. The molecule has 148 valence electrons. The lowest BCUT2D eigenvalue weighted by molar-refractivity contribution is -0.384. The predicted octanol–water partition coefficient (Wildman–Crippen LogP) is 4.50. The van der Waals surface area contributed by atoms with Crippen molar-refractivity contribution >= 4 is 17.2 Å². The first-order chi connectivity index (χ1) is 14.0. The normalized spacial score (nSPS) is 10.7. The summed E-state index contributed by atoms with van der Waals surface area (Å²) >= 11 is 0. The summed E-state index contributed by atoms with van der Waals surface area (Å²) in [7, 11) is 4.00. The number of nitro benzene ring substituents is 1. The van der Waals surface area contributed by atoms with Gasteiger partial charge in [-0.15, -0.1) is 0 Å². The number of hydrogen-bond acceptors (Lipinski definition) is 5. The smallest absolute Gasteiger partial charge is 0.293 e. The van der Waals surface area contributed by atoms with Crippen LogP contribution in [0.1, 0.15) is 27.0 Å². The van der Waals surface area contributed by atoms with Gasteiger partial charge in [-0.1, -0.05) is 54.6 Å². The Morgan fingerprint density at radius 2 is 1.59 bits per heavy atom. The molecule has 3 rings (SSSR count). The molecule has 0 aliphatic rings. The van der Waals surface area contributed by atoms with Crippen LogP contribution in [0.5, 0.6) is 0 Å². The highest BCUT2D eigenvalue weighted by molar-refractivity contribution is 6.09. The van der Waals surface area contributed by atoms with Gasteiger partial charge < -0.3 is 10.2 Å². The maximum Gasteiger partial charge on any atom is 0.293 e. The fraction of sp³-hybridized carbons (Fsp3) is 0.174. The number of rotatable bonds is 8. The molecular weight excluding hydrogens is 366 g/mol. The number of nitrogens with zero attached hydrogens (tertiary/aromatic N) is 2. The number of ketones is 1. The fourth-order valence-electron chi connectivity index (χ4n) is 3.14. The van der Waals surface area contributed by atoms with E-state index < -0.39 is 4.92 Å². The molecule has 0 fully saturated rings. The molecule has 1 N–H and O–H groups in total. The van der Waals surface area contributed by atoms with Gasteiger partial charge in [-0.05, 0) is 37.4 Å². The number of nitro groups is 1. The van der Waals surface area contributed by atoms with Gasteiger partial charge in [-0.25, -0.2) is 0 Å². The van der Waals surface area contributed by atoms with Gasteiger partial charge in [0.15, 0.2) is 5.78 Å². The number of benzene rings is 3. The maximum absolute atomic E-state index is 12.6. The predicted molar refractivity (Wildman–Crippen MR) is 114 cm³/mol. The topological polar surface area (TPSA) is 75.5 Å². The molecule has 0 bridgehead atoms. The van der Waals surface area contributed by atoms with E-state index in [0.717, 1.165) is 17.7 Å². The summed E-state index contributed by atoms with van der Waals surface area (Å²) in [5, 5.41) is 14.8.